The summed E-state index contributed by atoms with van der Waals surface area (Å²) in [5.74, 6) is 0. The fourth-order valence-corrected chi connectivity index (χ4v) is 2.66. The average Bonchev–Trinajstić information content (AvgIpc) is 2.40. The second-order valence-electron chi connectivity index (χ2n) is 5.07. The van der Waals surface area contributed by atoms with Gasteiger partial charge in [-0.05, 0) is 37.0 Å². The monoisotopic (exact) mass is 266 g/mol. The molecular weight excluding hydrogens is 244 g/mol. The Bertz CT molecular complexity index is 344. The van der Waals surface area contributed by atoms with Crippen LogP contribution in [0.4, 0.5) is 0 Å². The molecule has 0 spiro atoms. The fraction of sp³-hybridized carbons (Fsp3) is 0.600. The summed E-state index contributed by atoms with van der Waals surface area (Å²) in [6.07, 6.45) is 6.35. The van der Waals surface area contributed by atoms with Crippen LogP contribution in [-0.2, 0) is 0 Å². The van der Waals surface area contributed by atoms with E-state index >= 15 is 0 Å². The molecule has 1 aromatic carbocycles. The van der Waals surface area contributed by atoms with Crippen molar-refractivity contribution in [1.29, 1.82) is 0 Å². The molecule has 1 aliphatic heterocycles. The average molecular weight is 267 g/mol. The van der Waals surface area contributed by atoms with Gasteiger partial charge in [0.25, 0.3) is 0 Å². The number of hydrogen-bond donors (Lipinski definition) is 1. The van der Waals surface area contributed by atoms with Crippen molar-refractivity contribution in [1.82, 2.24) is 10.4 Å². The topological polar surface area (TPSA) is 15.3 Å². The number of benzene rings is 1. The van der Waals surface area contributed by atoms with E-state index < -0.39 is 0 Å². The van der Waals surface area contributed by atoms with Crippen LogP contribution in [0.3, 0.4) is 0 Å². The molecule has 1 unspecified atom stereocenters. The molecule has 1 saturated heterocycles. The molecule has 2 rings (SSSR count). The Morgan fingerprint density at radius 1 is 1.17 bits per heavy atom. The van der Waals surface area contributed by atoms with E-state index in [0.717, 1.165) is 11.4 Å². The number of halogens is 1. The first-order valence-corrected chi connectivity index (χ1v) is 7.44. The van der Waals surface area contributed by atoms with E-state index in [1.54, 1.807) is 0 Å². The van der Waals surface area contributed by atoms with E-state index in [-0.39, 0.29) is 0 Å². The van der Waals surface area contributed by atoms with E-state index in [0.29, 0.717) is 6.04 Å². The zero-order valence-electron chi connectivity index (χ0n) is 11.2. The fourth-order valence-electron chi connectivity index (χ4n) is 2.53. The number of nitrogens with zero attached hydrogens (tertiary/aromatic N) is 1. The second kappa shape index (κ2) is 7.13. The van der Waals surface area contributed by atoms with Gasteiger partial charge in [0.1, 0.15) is 0 Å². The van der Waals surface area contributed by atoms with Gasteiger partial charge in [0.15, 0.2) is 0 Å². The number of rotatable bonds is 5. The Morgan fingerprint density at radius 3 is 2.44 bits per heavy atom. The molecule has 1 aromatic rings. The summed E-state index contributed by atoms with van der Waals surface area (Å²) in [4.78, 5) is 0. The minimum absolute atomic E-state index is 0.422. The van der Waals surface area contributed by atoms with E-state index in [9.17, 15) is 0 Å². The molecule has 3 heteroatoms. The van der Waals surface area contributed by atoms with Crippen LogP contribution in [0.1, 0.15) is 50.6 Å². The standard InChI is InChI=1S/C15H23ClN2/c1-2-6-15(13-7-9-14(16)10-8-13)17-18-11-4-3-5-12-18/h7-10,15,17H,2-6,11-12H2,1H3. The highest BCUT2D eigenvalue weighted by molar-refractivity contribution is 6.30. The summed E-state index contributed by atoms with van der Waals surface area (Å²) in [5.41, 5.74) is 5.02. The van der Waals surface area contributed by atoms with Crippen molar-refractivity contribution in [3.8, 4) is 0 Å². The normalized spacial score (nSPS) is 18.8. The van der Waals surface area contributed by atoms with Gasteiger partial charge in [-0.15, -0.1) is 0 Å². The first kappa shape index (κ1) is 13.9. The van der Waals surface area contributed by atoms with Gasteiger partial charge < -0.3 is 0 Å². The minimum atomic E-state index is 0.422. The molecule has 0 radical (unpaired) electrons. The lowest BCUT2D eigenvalue weighted by Gasteiger charge is -2.32. The highest BCUT2D eigenvalue weighted by Gasteiger charge is 2.16. The number of nitrogens with one attached hydrogen (secondary N) is 1. The summed E-state index contributed by atoms with van der Waals surface area (Å²) < 4.78 is 0. The minimum Gasteiger partial charge on any atom is -0.248 e. The first-order valence-electron chi connectivity index (χ1n) is 7.06. The molecule has 18 heavy (non-hydrogen) atoms. The highest BCUT2D eigenvalue weighted by Crippen LogP contribution is 2.22. The van der Waals surface area contributed by atoms with Gasteiger partial charge in [-0.1, -0.05) is 43.5 Å². The molecule has 100 valence electrons. The molecule has 0 bridgehead atoms. The Hall–Kier alpha value is -0.570. The zero-order chi connectivity index (χ0) is 12.8. The second-order valence-corrected chi connectivity index (χ2v) is 5.51. The lowest BCUT2D eigenvalue weighted by Crippen LogP contribution is -2.43. The molecule has 1 fully saturated rings. The van der Waals surface area contributed by atoms with E-state index in [4.69, 9.17) is 11.6 Å². The summed E-state index contributed by atoms with van der Waals surface area (Å²) in [6.45, 7) is 4.59. The third-order valence-corrected chi connectivity index (χ3v) is 3.80. The Morgan fingerprint density at radius 2 is 1.83 bits per heavy atom. The molecule has 0 aliphatic carbocycles. The lowest BCUT2D eigenvalue weighted by molar-refractivity contribution is 0.125. The van der Waals surface area contributed by atoms with Gasteiger partial charge in [-0.3, -0.25) is 0 Å². The van der Waals surface area contributed by atoms with Crippen LogP contribution in [0.25, 0.3) is 0 Å². The van der Waals surface area contributed by atoms with Gasteiger partial charge in [0, 0.05) is 24.2 Å². The molecule has 1 aliphatic rings. The van der Waals surface area contributed by atoms with Gasteiger partial charge >= 0.3 is 0 Å². The van der Waals surface area contributed by atoms with E-state index in [1.807, 2.05) is 12.1 Å². The summed E-state index contributed by atoms with van der Waals surface area (Å²) in [5, 5.41) is 3.20. The van der Waals surface area contributed by atoms with Crippen LogP contribution >= 0.6 is 11.6 Å². The van der Waals surface area contributed by atoms with Crippen molar-refractivity contribution < 1.29 is 0 Å². The highest BCUT2D eigenvalue weighted by atomic mass is 35.5. The first-order chi connectivity index (χ1) is 8.79. The summed E-state index contributed by atoms with van der Waals surface area (Å²) in [7, 11) is 0. The van der Waals surface area contributed by atoms with Crippen LogP contribution in [0.2, 0.25) is 5.02 Å². The molecular formula is C15H23ClN2. The molecule has 0 amide bonds. The van der Waals surface area contributed by atoms with Crippen molar-refractivity contribution in [2.75, 3.05) is 13.1 Å². The number of hydrazine groups is 1. The van der Waals surface area contributed by atoms with E-state index in [1.165, 1.54) is 44.3 Å². The van der Waals surface area contributed by atoms with Crippen LogP contribution in [0.15, 0.2) is 24.3 Å². The number of piperidine rings is 1. The molecule has 0 saturated carbocycles. The van der Waals surface area contributed by atoms with Crippen LogP contribution in [0.5, 0.6) is 0 Å². The predicted molar refractivity (Wildman–Crippen MR) is 77.7 cm³/mol. The Balaban J connectivity index is 2.00. The maximum absolute atomic E-state index is 5.95. The van der Waals surface area contributed by atoms with Crippen molar-refractivity contribution in [2.24, 2.45) is 0 Å². The van der Waals surface area contributed by atoms with Crippen LogP contribution in [0, 0.1) is 0 Å². The van der Waals surface area contributed by atoms with Crippen molar-refractivity contribution in [3.05, 3.63) is 34.9 Å². The third kappa shape index (κ3) is 3.98. The number of hydrogen-bond acceptors (Lipinski definition) is 2. The molecule has 1 heterocycles. The SMILES string of the molecule is CCCC(NN1CCCCC1)c1ccc(Cl)cc1. The summed E-state index contributed by atoms with van der Waals surface area (Å²) >= 11 is 5.95. The van der Waals surface area contributed by atoms with Crippen LogP contribution < -0.4 is 5.43 Å². The third-order valence-electron chi connectivity index (χ3n) is 3.54. The van der Waals surface area contributed by atoms with E-state index in [2.05, 4.69) is 29.5 Å². The molecule has 2 nitrogen and oxygen atoms in total. The van der Waals surface area contributed by atoms with Crippen molar-refractivity contribution >= 4 is 11.6 Å². The van der Waals surface area contributed by atoms with Crippen molar-refractivity contribution in [3.63, 3.8) is 0 Å². The quantitative estimate of drug-likeness (QED) is 0.860. The Labute approximate surface area is 115 Å². The molecule has 0 aromatic heterocycles. The molecule has 1 N–H and O–H groups in total. The van der Waals surface area contributed by atoms with Gasteiger partial charge in [0.2, 0.25) is 0 Å². The largest absolute Gasteiger partial charge is 0.248 e. The van der Waals surface area contributed by atoms with Gasteiger partial charge in [-0.2, -0.15) is 0 Å². The summed E-state index contributed by atoms with van der Waals surface area (Å²) in [6, 6.07) is 8.67. The van der Waals surface area contributed by atoms with Gasteiger partial charge in [0.05, 0.1) is 0 Å². The van der Waals surface area contributed by atoms with Crippen LogP contribution in [-0.4, -0.2) is 18.1 Å². The maximum Gasteiger partial charge on any atom is 0.0464 e. The van der Waals surface area contributed by atoms with Gasteiger partial charge in [-0.25, -0.2) is 10.4 Å². The predicted octanol–water partition coefficient (Wildman–Crippen LogP) is 4.17. The smallest absolute Gasteiger partial charge is 0.0464 e. The Kier molecular flexibility index (Phi) is 5.48. The zero-order valence-corrected chi connectivity index (χ0v) is 11.9. The molecule has 1 atom stereocenters. The lowest BCUT2D eigenvalue weighted by atomic mass is 10.0. The van der Waals surface area contributed by atoms with Crippen molar-refractivity contribution in [2.45, 2.75) is 45.1 Å². The maximum atomic E-state index is 5.95.